The minimum absolute atomic E-state index is 0.464. The van der Waals surface area contributed by atoms with Crippen molar-refractivity contribution in [1.82, 2.24) is 0 Å². The smallest absolute Gasteiger partial charge is 0.0786 e. The van der Waals surface area contributed by atoms with E-state index in [9.17, 15) is 9.90 Å². The Morgan fingerprint density at radius 3 is 1.19 bits per heavy atom. The van der Waals surface area contributed by atoms with Crippen LogP contribution in [0.3, 0.4) is 0 Å². The summed E-state index contributed by atoms with van der Waals surface area (Å²) in [5.74, 6) is -0.997. The molecule has 0 saturated heterocycles. The van der Waals surface area contributed by atoms with Crippen LogP contribution < -0.4 is 5.11 Å². The molecule has 3 nitrogen and oxygen atoms in total. The maximum absolute atomic E-state index is 11.9. The summed E-state index contributed by atoms with van der Waals surface area (Å²) in [5, 5.41) is 11.9. The third kappa shape index (κ3) is 15.9. The molecule has 0 spiro atoms. The fourth-order valence-electron chi connectivity index (χ4n) is 6.26. The number of hydrogen-bond acceptors (Lipinski definition) is 2. The van der Waals surface area contributed by atoms with Crippen molar-refractivity contribution in [3.8, 4) is 0 Å². The molecule has 3 heteroatoms. The van der Waals surface area contributed by atoms with Gasteiger partial charge in [0.15, 0.2) is 0 Å². The zero-order valence-electron chi connectivity index (χ0n) is 29.8. The number of benzene rings is 1. The second-order valence-electron chi connectivity index (χ2n) is 12.9. The van der Waals surface area contributed by atoms with Gasteiger partial charge in [0.05, 0.1) is 32.1 Å². The Morgan fingerprint density at radius 1 is 0.500 bits per heavy atom. The standard InChI is InChI=1S/C23H38O2.C16H36N/c1-5-9-13-18-17-22(23(24)25)21(16-12-8-4)20(15-11-7-3)19(18)14-10-6-2;1-5-9-13-17(14-10-6-2,15-11-7-3)16-12-8-4/h17H,5-16H2,1-4H3,(H,24,25);5-16H2,1-4H3/q;+1/p-1. The summed E-state index contributed by atoms with van der Waals surface area (Å²) in [6, 6.07) is 1.95. The van der Waals surface area contributed by atoms with Crippen LogP contribution in [0.4, 0.5) is 0 Å². The molecule has 0 saturated carbocycles. The molecule has 0 aliphatic rings. The summed E-state index contributed by atoms with van der Waals surface area (Å²) in [6.07, 6.45) is 24.0. The molecule has 0 aliphatic heterocycles. The Kier molecular flexibility index (Phi) is 25.2. The number of carbonyl (C=O) groups is 1. The number of rotatable bonds is 25. The predicted octanol–water partition coefficient (Wildman–Crippen LogP) is 10.4. The average molecular weight is 588 g/mol. The van der Waals surface area contributed by atoms with Crippen LogP contribution in [0.5, 0.6) is 0 Å². The molecule has 0 amide bonds. The van der Waals surface area contributed by atoms with Crippen molar-refractivity contribution in [3.63, 3.8) is 0 Å². The molecule has 0 atom stereocenters. The lowest BCUT2D eigenvalue weighted by molar-refractivity contribution is -0.929. The van der Waals surface area contributed by atoms with Gasteiger partial charge in [-0.25, -0.2) is 0 Å². The first-order chi connectivity index (χ1) is 20.3. The Bertz CT molecular complexity index is 763. The molecule has 1 aromatic carbocycles. The van der Waals surface area contributed by atoms with E-state index in [0.29, 0.717) is 5.56 Å². The van der Waals surface area contributed by atoms with Gasteiger partial charge >= 0.3 is 0 Å². The largest absolute Gasteiger partial charge is 0.545 e. The Balaban J connectivity index is 0.000000865. The van der Waals surface area contributed by atoms with Crippen molar-refractivity contribution < 1.29 is 14.4 Å². The van der Waals surface area contributed by atoms with Gasteiger partial charge in [0.2, 0.25) is 0 Å². The van der Waals surface area contributed by atoms with Gasteiger partial charge in [-0.15, -0.1) is 0 Å². The number of aromatic carboxylic acids is 1. The van der Waals surface area contributed by atoms with Crippen LogP contribution in [-0.2, 0) is 25.7 Å². The highest BCUT2D eigenvalue weighted by Gasteiger charge is 2.24. The number of aryl methyl sites for hydroxylation is 1. The number of quaternary nitrogens is 1. The molecule has 246 valence electrons. The number of carboxylic acids is 1. The van der Waals surface area contributed by atoms with E-state index in [-0.39, 0.29) is 0 Å². The summed E-state index contributed by atoms with van der Waals surface area (Å²) in [5.41, 5.74) is 5.60. The Hall–Kier alpha value is -1.35. The second kappa shape index (κ2) is 26.1. The SMILES string of the molecule is CCCC[N+](CCCC)(CCCC)CCCC.CCCCc1cc(C(=O)[O-])c(CCCC)c(CCCC)c1CCCC. The van der Waals surface area contributed by atoms with Crippen LogP contribution in [0.15, 0.2) is 6.07 Å². The molecule has 1 rings (SSSR count). The molecule has 1 aromatic rings. The number of nitrogens with zero attached hydrogens (tertiary/aromatic N) is 1. The van der Waals surface area contributed by atoms with Crippen molar-refractivity contribution in [2.75, 3.05) is 26.2 Å². The topological polar surface area (TPSA) is 40.1 Å². The first-order valence-corrected chi connectivity index (χ1v) is 18.6. The third-order valence-electron chi connectivity index (χ3n) is 9.06. The molecule has 0 unspecified atom stereocenters. The molecule has 0 aliphatic carbocycles. The van der Waals surface area contributed by atoms with E-state index in [1.807, 2.05) is 6.07 Å². The molecule has 0 N–H and O–H groups in total. The third-order valence-corrected chi connectivity index (χ3v) is 9.06. The van der Waals surface area contributed by atoms with E-state index in [4.69, 9.17) is 0 Å². The van der Waals surface area contributed by atoms with Crippen LogP contribution in [0.25, 0.3) is 0 Å². The van der Waals surface area contributed by atoms with Gasteiger partial charge in [0, 0.05) is 5.56 Å². The first kappa shape index (κ1) is 40.6. The van der Waals surface area contributed by atoms with Gasteiger partial charge in [-0.1, -0.05) is 107 Å². The van der Waals surface area contributed by atoms with E-state index in [0.717, 1.165) is 69.8 Å². The minimum Gasteiger partial charge on any atom is -0.545 e. The second-order valence-corrected chi connectivity index (χ2v) is 12.9. The van der Waals surface area contributed by atoms with Crippen LogP contribution >= 0.6 is 0 Å². The van der Waals surface area contributed by atoms with Crippen LogP contribution in [0.1, 0.15) is 191 Å². The summed E-state index contributed by atoms with van der Waals surface area (Å²) in [6.45, 7) is 23.8. The highest BCUT2D eigenvalue weighted by atomic mass is 16.4. The molecular weight excluding hydrogens is 514 g/mol. The zero-order valence-corrected chi connectivity index (χ0v) is 29.8. The lowest BCUT2D eigenvalue weighted by Gasteiger charge is -2.39. The molecule has 0 radical (unpaired) electrons. The quantitative estimate of drug-likeness (QED) is 0.107. The maximum atomic E-state index is 11.9. The minimum atomic E-state index is -0.997. The highest BCUT2D eigenvalue weighted by Crippen LogP contribution is 2.30. The van der Waals surface area contributed by atoms with Crippen molar-refractivity contribution in [2.24, 2.45) is 0 Å². The lowest BCUT2D eigenvalue weighted by Crippen LogP contribution is -2.50. The van der Waals surface area contributed by atoms with E-state index in [2.05, 4.69) is 55.4 Å². The van der Waals surface area contributed by atoms with Gasteiger partial charge < -0.3 is 14.4 Å². The van der Waals surface area contributed by atoms with Crippen LogP contribution in [0, 0.1) is 0 Å². The van der Waals surface area contributed by atoms with E-state index >= 15 is 0 Å². The summed E-state index contributed by atoms with van der Waals surface area (Å²) in [4.78, 5) is 11.9. The normalized spacial score (nSPS) is 11.4. The van der Waals surface area contributed by atoms with Gasteiger partial charge in [-0.2, -0.15) is 0 Å². The number of carbonyl (C=O) groups excluding carboxylic acids is 1. The van der Waals surface area contributed by atoms with E-state index in [1.54, 1.807) is 0 Å². The van der Waals surface area contributed by atoms with Crippen LogP contribution in [0.2, 0.25) is 0 Å². The van der Waals surface area contributed by atoms with Gasteiger partial charge in [0.25, 0.3) is 0 Å². The Labute approximate surface area is 263 Å². The van der Waals surface area contributed by atoms with Gasteiger partial charge in [0.1, 0.15) is 0 Å². The zero-order chi connectivity index (χ0) is 31.6. The van der Waals surface area contributed by atoms with Gasteiger partial charge in [-0.05, 0) is 105 Å². The highest BCUT2D eigenvalue weighted by molar-refractivity contribution is 5.89. The molecule has 0 bridgehead atoms. The molecule has 0 aromatic heterocycles. The fourth-order valence-corrected chi connectivity index (χ4v) is 6.26. The number of unbranched alkanes of at least 4 members (excludes halogenated alkanes) is 8. The van der Waals surface area contributed by atoms with E-state index < -0.39 is 5.97 Å². The molecular formula is C39H73NO2. The van der Waals surface area contributed by atoms with Crippen molar-refractivity contribution in [1.29, 1.82) is 0 Å². The maximum Gasteiger partial charge on any atom is 0.0786 e. The summed E-state index contributed by atoms with van der Waals surface area (Å²) in [7, 11) is 0. The number of carboxylic acid groups (broad SMARTS) is 1. The number of hydrogen-bond donors (Lipinski definition) is 0. The van der Waals surface area contributed by atoms with Crippen LogP contribution in [-0.4, -0.2) is 36.6 Å². The lowest BCUT2D eigenvalue weighted by atomic mass is 9.83. The Morgan fingerprint density at radius 2 is 0.833 bits per heavy atom. The van der Waals surface area contributed by atoms with Crippen molar-refractivity contribution in [2.45, 2.75) is 184 Å². The molecule has 0 heterocycles. The van der Waals surface area contributed by atoms with E-state index in [1.165, 1.54) is 112 Å². The molecule has 0 fully saturated rings. The first-order valence-electron chi connectivity index (χ1n) is 18.6. The van der Waals surface area contributed by atoms with Gasteiger partial charge in [-0.3, -0.25) is 0 Å². The predicted molar refractivity (Wildman–Crippen MR) is 185 cm³/mol. The summed E-state index contributed by atoms with van der Waals surface area (Å²) >= 11 is 0. The average Bonchev–Trinajstić information content (AvgIpc) is 3.00. The fraction of sp³-hybridized carbons (Fsp3) is 0.821. The summed E-state index contributed by atoms with van der Waals surface area (Å²) < 4.78 is 1.42. The van der Waals surface area contributed by atoms with Crippen molar-refractivity contribution >= 4 is 5.97 Å². The monoisotopic (exact) mass is 588 g/mol. The molecule has 42 heavy (non-hydrogen) atoms. The van der Waals surface area contributed by atoms with Crippen molar-refractivity contribution in [3.05, 3.63) is 33.9 Å².